The molecule has 0 spiro atoms. The maximum absolute atomic E-state index is 15.2. The van der Waals surface area contributed by atoms with Gasteiger partial charge in [-0.05, 0) is 43.0 Å². The van der Waals surface area contributed by atoms with Gasteiger partial charge in [0.1, 0.15) is 17.2 Å². The lowest BCUT2D eigenvalue weighted by Crippen LogP contribution is -2.60. The summed E-state index contributed by atoms with van der Waals surface area (Å²) in [7, 11) is 1.07. The van der Waals surface area contributed by atoms with E-state index in [-0.39, 0.29) is 40.0 Å². The predicted octanol–water partition coefficient (Wildman–Crippen LogP) is 7.90. The van der Waals surface area contributed by atoms with Gasteiger partial charge in [-0.25, -0.2) is 31.8 Å². The van der Waals surface area contributed by atoms with Crippen LogP contribution in [0.15, 0.2) is 48.0 Å². The van der Waals surface area contributed by atoms with Crippen molar-refractivity contribution in [1.82, 2.24) is 0 Å². The van der Waals surface area contributed by atoms with Gasteiger partial charge in [0.05, 0.1) is 35.8 Å². The highest BCUT2D eigenvalue weighted by atomic mass is 35.5. The normalized spacial score (nSPS) is 27.7. The summed E-state index contributed by atoms with van der Waals surface area (Å²) in [5.74, 6) is -26.8. The Bertz CT molecular complexity index is 2270. The smallest absolute Gasteiger partial charge is 0.416 e. The average molecular weight is 843 g/mol. The summed E-state index contributed by atoms with van der Waals surface area (Å²) < 4.78 is 161. The number of alkyl halides is 8. The van der Waals surface area contributed by atoms with Crippen molar-refractivity contribution in [2.75, 3.05) is 16.9 Å². The van der Waals surface area contributed by atoms with Crippen LogP contribution in [0.2, 0.25) is 0 Å². The van der Waals surface area contributed by atoms with E-state index >= 15 is 8.78 Å². The van der Waals surface area contributed by atoms with E-state index in [1.807, 2.05) is 0 Å². The molecule has 3 fully saturated rings. The fourth-order valence-corrected chi connectivity index (χ4v) is 9.10. The van der Waals surface area contributed by atoms with Crippen LogP contribution >= 0.6 is 23.2 Å². The van der Waals surface area contributed by atoms with Crippen LogP contribution in [0.1, 0.15) is 35.4 Å². The number of hydrogen-bond donors (Lipinski definition) is 1. The fourth-order valence-electron chi connectivity index (χ4n) is 8.17. The number of benzene rings is 3. The Labute approximate surface area is 316 Å². The van der Waals surface area contributed by atoms with Crippen LogP contribution in [0, 0.1) is 46.8 Å². The highest BCUT2D eigenvalue weighted by Crippen LogP contribution is 2.67. The molecule has 2 saturated heterocycles. The van der Waals surface area contributed by atoms with Gasteiger partial charge in [0, 0.05) is 17.5 Å². The number of rotatable bonds is 4. The Morgan fingerprint density at radius 2 is 1.30 bits per heavy atom. The molecule has 4 amide bonds. The second kappa shape index (κ2) is 12.5. The van der Waals surface area contributed by atoms with Gasteiger partial charge in [-0.1, -0.05) is 17.7 Å². The zero-order chi connectivity index (χ0) is 41.4. The Balaban J connectivity index is 1.43. The van der Waals surface area contributed by atoms with Gasteiger partial charge in [0.25, 0.3) is 11.8 Å². The first-order valence-electron chi connectivity index (χ1n) is 15.9. The molecule has 2 heterocycles. The van der Waals surface area contributed by atoms with Gasteiger partial charge in [0.15, 0.2) is 33.0 Å². The molecule has 2 aliphatic heterocycles. The van der Waals surface area contributed by atoms with Crippen molar-refractivity contribution in [3.05, 3.63) is 93.8 Å². The van der Waals surface area contributed by atoms with Crippen LogP contribution in [0.5, 0.6) is 11.5 Å². The van der Waals surface area contributed by atoms with Gasteiger partial charge < -0.3 is 9.84 Å². The number of phenolic OH excluding ortho intramolecular Hbond substituents is 1. The zero-order valence-corrected chi connectivity index (χ0v) is 29.1. The SMILES string of the molecule is COc1cc(O)ccc1[C@H]1C2=CC[C@@H]3C(=O)N(c4cc(C(F)(F)F)cc(C(F)(F)F)c4)C(=O)[C@@H]3[C@@H]2C[C@@]2(Cl)C(=O)N(c3c(F)c(F)c(F)c(F)c3F)C(=O)[C@@]12Cl. The molecule has 0 radical (unpaired) electrons. The minimum atomic E-state index is -5.38. The van der Waals surface area contributed by atoms with Crippen molar-refractivity contribution in [2.45, 2.75) is 40.9 Å². The molecule has 56 heavy (non-hydrogen) atoms. The molecule has 2 aliphatic carbocycles. The van der Waals surface area contributed by atoms with Crippen LogP contribution in [0.3, 0.4) is 0 Å². The maximum Gasteiger partial charge on any atom is 0.416 e. The number of aromatic hydroxyl groups is 1. The molecule has 1 saturated carbocycles. The van der Waals surface area contributed by atoms with Crippen LogP contribution in [0.4, 0.5) is 59.7 Å². The Morgan fingerprint density at radius 3 is 1.84 bits per heavy atom. The number of amides is 4. The molecule has 8 nitrogen and oxygen atoms in total. The van der Waals surface area contributed by atoms with Gasteiger partial charge in [-0.3, -0.25) is 19.2 Å². The second-order valence-corrected chi connectivity index (χ2v) is 14.6. The fraction of sp³-hybridized carbons (Fsp3) is 0.314. The van der Waals surface area contributed by atoms with Crippen LogP contribution < -0.4 is 14.5 Å². The molecule has 1 N–H and O–H groups in total. The zero-order valence-electron chi connectivity index (χ0n) is 27.6. The number of phenols is 1. The van der Waals surface area contributed by atoms with Crippen LogP contribution in [-0.2, 0) is 31.5 Å². The van der Waals surface area contributed by atoms with Crippen molar-refractivity contribution in [3.63, 3.8) is 0 Å². The minimum Gasteiger partial charge on any atom is -0.508 e. The molecule has 3 aromatic carbocycles. The first-order chi connectivity index (χ1) is 25.9. The molecule has 7 rings (SSSR count). The number of imide groups is 2. The number of carbonyl (C=O) groups excluding carboxylic acids is 4. The molecule has 0 unspecified atom stereocenters. The summed E-state index contributed by atoms with van der Waals surface area (Å²) in [6, 6.07) is 3.19. The summed E-state index contributed by atoms with van der Waals surface area (Å²) in [6.45, 7) is 0. The Kier molecular flexibility index (Phi) is 8.81. The third kappa shape index (κ3) is 5.25. The van der Waals surface area contributed by atoms with E-state index < -0.39 is 144 Å². The summed E-state index contributed by atoms with van der Waals surface area (Å²) >= 11 is 14.0. The van der Waals surface area contributed by atoms with Gasteiger partial charge in [-0.2, -0.15) is 26.3 Å². The minimum absolute atomic E-state index is 0.107. The molecule has 296 valence electrons. The van der Waals surface area contributed by atoms with Crippen LogP contribution in [0.25, 0.3) is 0 Å². The first-order valence-corrected chi connectivity index (χ1v) is 16.7. The van der Waals surface area contributed by atoms with E-state index in [9.17, 15) is 63.8 Å². The van der Waals surface area contributed by atoms with E-state index in [2.05, 4.69) is 0 Å². The van der Waals surface area contributed by atoms with E-state index in [4.69, 9.17) is 27.9 Å². The largest absolute Gasteiger partial charge is 0.508 e. The van der Waals surface area contributed by atoms with Gasteiger partial charge in [-0.15, -0.1) is 23.2 Å². The van der Waals surface area contributed by atoms with Crippen molar-refractivity contribution in [3.8, 4) is 11.5 Å². The number of carbonyl (C=O) groups is 4. The summed E-state index contributed by atoms with van der Waals surface area (Å²) in [4.78, 5) is 50.4. The topological polar surface area (TPSA) is 104 Å². The summed E-state index contributed by atoms with van der Waals surface area (Å²) in [5.41, 5.74) is -7.19. The second-order valence-electron chi connectivity index (χ2n) is 13.4. The van der Waals surface area contributed by atoms with Crippen molar-refractivity contribution in [1.29, 1.82) is 0 Å². The number of nitrogens with zero attached hydrogens (tertiary/aromatic N) is 2. The molecule has 21 heteroatoms. The van der Waals surface area contributed by atoms with E-state index in [1.54, 1.807) is 0 Å². The predicted molar refractivity (Wildman–Crippen MR) is 170 cm³/mol. The average Bonchev–Trinajstić information content (AvgIpc) is 3.47. The number of methoxy groups -OCH3 is 1. The van der Waals surface area contributed by atoms with E-state index in [0.717, 1.165) is 25.3 Å². The lowest BCUT2D eigenvalue weighted by molar-refractivity contribution is -0.143. The molecule has 6 atom stereocenters. The molecule has 0 aromatic heterocycles. The standard InChI is InChI=1S/C35H19Cl2F11N2O6/c1-56-19-9-14(51)2-3-16(19)21-15-4-5-17-20(29(53)49(28(17)52)13-7-11(34(43,44)45)6-12(8-13)35(46,47)48)18(15)10-32(36)30(54)50(31(55)33(21,32)37)27-25(41)23(39)22(38)24(40)26(27)42/h2-4,6-9,17-18,20-21,51H,5,10H2,1H3/t17-,18+,20-,21+,32+,33-/m0/s1. The highest BCUT2D eigenvalue weighted by Gasteiger charge is 2.77. The summed E-state index contributed by atoms with van der Waals surface area (Å²) in [5, 5.41) is 10.2. The highest BCUT2D eigenvalue weighted by molar-refractivity contribution is 6.58. The quantitative estimate of drug-likeness (QED) is 0.0716. The molecular weight excluding hydrogens is 824 g/mol. The third-order valence-corrected chi connectivity index (χ3v) is 12.0. The molecule has 0 bridgehead atoms. The number of allylic oxidation sites excluding steroid dienone is 2. The number of anilines is 2. The van der Waals surface area contributed by atoms with Crippen molar-refractivity contribution in [2.24, 2.45) is 17.8 Å². The van der Waals surface area contributed by atoms with E-state index in [0.29, 0.717) is 0 Å². The number of ether oxygens (including phenoxy) is 1. The number of hydrogen-bond acceptors (Lipinski definition) is 6. The maximum atomic E-state index is 15.2. The monoisotopic (exact) mass is 842 g/mol. The first kappa shape index (κ1) is 39.3. The third-order valence-electron chi connectivity index (χ3n) is 10.6. The number of fused-ring (bicyclic) bond motifs is 4. The van der Waals surface area contributed by atoms with Crippen molar-refractivity contribution >= 4 is 58.2 Å². The molecule has 4 aliphatic rings. The van der Waals surface area contributed by atoms with E-state index in [1.165, 1.54) is 6.08 Å². The van der Waals surface area contributed by atoms with Crippen LogP contribution in [-0.4, -0.2) is 45.6 Å². The lowest BCUT2D eigenvalue weighted by Gasteiger charge is -2.50. The summed E-state index contributed by atoms with van der Waals surface area (Å²) in [6.07, 6.45) is -11.0. The van der Waals surface area contributed by atoms with Gasteiger partial charge in [0.2, 0.25) is 17.6 Å². The number of halogens is 13. The molecule has 3 aromatic rings. The molecular formula is C35H19Cl2F11N2O6. The Morgan fingerprint density at radius 1 is 0.750 bits per heavy atom. The van der Waals surface area contributed by atoms with Crippen molar-refractivity contribution < 1.29 is 77.3 Å². The van der Waals surface area contributed by atoms with Gasteiger partial charge >= 0.3 is 12.4 Å². The Hall–Kier alpha value is -4.91. The lowest BCUT2D eigenvalue weighted by atomic mass is 9.56.